The van der Waals surface area contributed by atoms with Crippen molar-refractivity contribution >= 4 is 11.6 Å². The smallest absolute Gasteiger partial charge is 0.254 e. The van der Waals surface area contributed by atoms with Gasteiger partial charge in [-0.1, -0.05) is 48.0 Å². The Kier molecular flexibility index (Phi) is 4.57. The molecule has 2 aromatic carbocycles. The number of hydrogen-bond acceptors (Lipinski definition) is 3. The van der Waals surface area contributed by atoms with E-state index in [0.717, 1.165) is 11.3 Å². The van der Waals surface area contributed by atoms with Crippen molar-refractivity contribution in [1.29, 1.82) is 0 Å². The van der Waals surface area contributed by atoms with Gasteiger partial charge in [-0.3, -0.25) is 9.69 Å². The molecule has 2 heterocycles. The summed E-state index contributed by atoms with van der Waals surface area (Å²) in [5.74, 6) is 0.243. The number of hydrogen-bond donors (Lipinski definition) is 1. The van der Waals surface area contributed by atoms with Gasteiger partial charge >= 0.3 is 0 Å². The van der Waals surface area contributed by atoms with Crippen LogP contribution in [0.5, 0.6) is 0 Å². The SMILES string of the molecule is O=c1[nH]c(-c2ccccc2)nc2c1CCN(Cc1c(F)cccc1Cl)C2. The monoisotopic (exact) mass is 369 g/mol. The highest BCUT2D eigenvalue weighted by Gasteiger charge is 2.23. The van der Waals surface area contributed by atoms with E-state index >= 15 is 0 Å². The van der Waals surface area contributed by atoms with Gasteiger partial charge < -0.3 is 4.98 Å². The molecule has 26 heavy (non-hydrogen) atoms. The van der Waals surface area contributed by atoms with Gasteiger partial charge in [0.1, 0.15) is 11.6 Å². The van der Waals surface area contributed by atoms with E-state index < -0.39 is 0 Å². The molecule has 0 fully saturated rings. The molecule has 0 aliphatic carbocycles. The van der Waals surface area contributed by atoms with Crippen LogP contribution < -0.4 is 5.56 Å². The van der Waals surface area contributed by atoms with E-state index in [9.17, 15) is 9.18 Å². The summed E-state index contributed by atoms with van der Waals surface area (Å²) in [6.07, 6.45) is 0.582. The molecular weight excluding hydrogens is 353 g/mol. The van der Waals surface area contributed by atoms with Crippen LogP contribution >= 0.6 is 11.6 Å². The first-order valence-corrected chi connectivity index (χ1v) is 8.82. The van der Waals surface area contributed by atoms with Crippen molar-refractivity contribution in [2.45, 2.75) is 19.5 Å². The van der Waals surface area contributed by atoms with E-state index in [1.165, 1.54) is 6.07 Å². The second kappa shape index (κ2) is 7.02. The molecule has 0 saturated carbocycles. The van der Waals surface area contributed by atoms with Gasteiger partial charge in [-0.2, -0.15) is 0 Å². The Hall–Kier alpha value is -2.50. The zero-order valence-corrected chi connectivity index (χ0v) is 14.8. The average molecular weight is 370 g/mol. The summed E-state index contributed by atoms with van der Waals surface area (Å²) in [6, 6.07) is 14.2. The molecule has 1 aliphatic heterocycles. The average Bonchev–Trinajstić information content (AvgIpc) is 2.65. The molecule has 0 bridgehead atoms. The number of aromatic amines is 1. The molecule has 4 nitrogen and oxygen atoms in total. The number of nitrogens with one attached hydrogen (secondary N) is 1. The molecule has 0 atom stereocenters. The Labute approximate surface area is 155 Å². The second-order valence-electron chi connectivity index (χ2n) is 6.37. The fourth-order valence-corrected chi connectivity index (χ4v) is 3.49. The molecule has 3 aromatic rings. The molecule has 0 amide bonds. The van der Waals surface area contributed by atoms with Gasteiger partial charge in [-0.25, -0.2) is 9.37 Å². The molecule has 0 saturated heterocycles. The maximum Gasteiger partial charge on any atom is 0.254 e. The van der Waals surface area contributed by atoms with E-state index in [4.69, 9.17) is 11.6 Å². The summed E-state index contributed by atoms with van der Waals surface area (Å²) in [5, 5.41) is 0.416. The number of H-pyrrole nitrogens is 1. The van der Waals surface area contributed by atoms with Gasteiger partial charge in [0.2, 0.25) is 0 Å². The summed E-state index contributed by atoms with van der Waals surface area (Å²) in [5.41, 5.74) is 2.69. The minimum absolute atomic E-state index is 0.0996. The quantitative estimate of drug-likeness (QED) is 0.764. The minimum Gasteiger partial charge on any atom is -0.306 e. The summed E-state index contributed by atoms with van der Waals surface area (Å²) in [7, 11) is 0. The second-order valence-corrected chi connectivity index (χ2v) is 6.77. The number of fused-ring (bicyclic) bond motifs is 1. The van der Waals surface area contributed by atoms with Crippen LogP contribution in [-0.4, -0.2) is 21.4 Å². The highest BCUT2D eigenvalue weighted by Crippen LogP contribution is 2.24. The van der Waals surface area contributed by atoms with Crippen molar-refractivity contribution in [3.8, 4) is 11.4 Å². The lowest BCUT2D eigenvalue weighted by Crippen LogP contribution is -2.35. The zero-order chi connectivity index (χ0) is 18.1. The first kappa shape index (κ1) is 16.9. The van der Waals surface area contributed by atoms with Crippen LogP contribution in [0.4, 0.5) is 4.39 Å². The third-order valence-corrected chi connectivity index (χ3v) is 5.00. The Morgan fingerprint density at radius 1 is 1.15 bits per heavy atom. The van der Waals surface area contributed by atoms with Gasteiger partial charge in [0.25, 0.3) is 5.56 Å². The Balaban J connectivity index is 1.64. The van der Waals surface area contributed by atoms with Crippen LogP contribution in [0.25, 0.3) is 11.4 Å². The van der Waals surface area contributed by atoms with E-state index in [1.807, 2.05) is 30.3 Å². The maximum absolute atomic E-state index is 14.1. The van der Waals surface area contributed by atoms with Gasteiger partial charge in [0, 0.05) is 41.3 Å². The van der Waals surface area contributed by atoms with Crippen molar-refractivity contribution in [1.82, 2.24) is 14.9 Å². The van der Waals surface area contributed by atoms with E-state index in [1.54, 1.807) is 12.1 Å². The van der Waals surface area contributed by atoms with Gasteiger partial charge in [0.15, 0.2) is 0 Å². The van der Waals surface area contributed by atoms with E-state index in [-0.39, 0.29) is 11.4 Å². The molecule has 1 aliphatic rings. The summed E-state index contributed by atoms with van der Waals surface area (Å²) in [6.45, 7) is 1.54. The van der Waals surface area contributed by atoms with Crippen LogP contribution in [-0.2, 0) is 19.5 Å². The molecule has 132 valence electrons. The number of halogens is 2. The van der Waals surface area contributed by atoms with E-state index in [0.29, 0.717) is 48.0 Å². The topological polar surface area (TPSA) is 49.0 Å². The fraction of sp³-hybridized carbons (Fsp3) is 0.200. The third-order valence-electron chi connectivity index (χ3n) is 4.64. The highest BCUT2D eigenvalue weighted by atomic mass is 35.5. The van der Waals surface area contributed by atoms with Crippen LogP contribution in [0.1, 0.15) is 16.8 Å². The zero-order valence-electron chi connectivity index (χ0n) is 14.0. The van der Waals surface area contributed by atoms with E-state index in [2.05, 4.69) is 14.9 Å². The van der Waals surface area contributed by atoms with Crippen molar-refractivity contribution in [3.63, 3.8) is 0 Å². The fourth-order valence-electron chi connectivity index (χ4n) is 3.27. The molecule has 1 N–H and O–H groups in total. The van der Waals surface area contributed by atoms with Crippen LogP contribution in [0, 0.1) is 5.82 Å². The van der Waals surface area contributed by atoms with Crippen molar-refractivity contribution in [2.24, 2.45) is 0 Å². The summed E-state index contributed by atoms with van der Waals surface area (Å²) in [4.78, 5) is 22.0. The van der Waals surface area contributed by atoms with Crippen LogP contribution in [0.3, 0.4) is 0 Å². The molecule has 6 heteroatoms. The standard InChI is InChI=1S/C20H17ClFN3O/c21-16-7-4-8-17(22)15(16)11-25-10-9-14-18(12-25)23-19(24-20(14)26)13-5-2-1-3-6-13/h1-8H,9-12H2,(H,23,24,26). The van der Waals surface area contributed by atoms with Gasteiger partial charge in [-0.15, -0.1) is 0 Å². The third kappa shape index (κ3) is 3.28. The lowest BCUT2D eigenvalue weighted by Gasteiger charge is -2.28. The van der Waals surface area contributed by atoms with Crippen molar-refractivity contribution in [3.05, 3.63) is 86.5 Å². The normalized spacial score (nSPS) is 14.2. The number of nitrogens with zero attached hydrogens (tertiary/aromatic N) is 2. The first-order valence-electron chi connectivity index (χ1n) is 8.44. The highest BCUT2D eigenvalue weighted by molar-refractivity contribution is 6.31. The van der Waals surface area contributed by atoms with Gasteiger partial charge in [-0.05, 0) is 18.6 Å². The van der Waals surface area contributed by atoms with Crippen molar-refractivity contribution < 1.29 is 4.39 Å². The number of benzene rings is 2. The van der Waals surface area contributed by atoms with Crippen LogP contribution in [0.2, 0.25) is 5.02 Å². The predicted octanol–water partition coefficient (Wildman–Crippen LogP) is 3.79. The largest absolute Gasteiger partial charge is 0.306 e. The number of rotatable bonds is 3. The Morgan fingerprint density at radius 2 is 1.96 bits per heavy atom. The Morgan fingerprint density at radius 3 is 2.73 bits per heavy atom. The maximum atomic E-state index is 14.1. The minimum atomic E-state index is -0.313. The number of aromatic nitrogens is 2. The molecule has 1 aromatic heterocycles. The molecule has 4 rings (SSSR count). The van der Waals surface area contributed by atoms with Gasteiger partial charge in [0.05, 0.1) is 5.69 Å². The predicted molar refractivity (Wildman–Crippen MR) is 99.5 cm³/mol. The molecule has 0 spiro atoms. The lowest BCUT2D eigenvalue weighted by atomic mass is 10.0. The first-order chi connectivity index (χ1) is 12.6. The Bertz CT molecular complexity index is 983. The molecular formula is C20H17ClFN3O. The summed E-state index contributed by atoms with van der Waals surface area (Å²) < 4.78 is 14.1. The molecule has 0 radical (unpaired) electrons. The lowest BCUT2D eigenvalue weighted by molar-refractivity contribution is 0.237. The molecule has 0 unspecified atom stereocenters. The summed E-state index contributed by atoms with van der Waals surface area (Å²) >= 11 is 6.14. The van der Waals surface area contributed by atoms with Crippen LogP contribution in [0.15, 0.2) is 53.3 Å². The van der Waals surface area contributed by atoms with Crippen molar-refractivity contribution in [2.75, 3.05) is 6.54 Å².